The molecule has 3 heterocycles. The highest BCUT2D eigenvalue weighted by Gasteiger charge is 2.61. The number of allylic oxidation sites excluding steroid dienone is 1. The fraction of sp³-hybridized carbons (Fsp3) is 0.567. The summed E-state index contributed by atoms with van der Waals surface area (Å²) in [6.45, 7) is 5.65. The largest absolute Gasteiger partial charge is 0.479 e. The normalized spacial score (nSPS) is 27.0. The molecule has 0 unspecified atom stereocenters. The maximum absolute atomic E-state index is 14.1. The first-order valence-corrected chi connectivity index (χ1v) is 14.9. The Hall–Kier alpha value is -3.24. The van der Waals surface area contributed by atoms with E-state index in [1.807, 2.05) is 63.3 Å². The molecule has 13 nitrogen and oxygen atoms in total. The number of hydrogen-bond acceptors (Lipinski definition) is 7. The highest BCUT2D eigenvalue weighted by atomic mass is 32.1. The second-order valence-electron chi connectivity index (χ2n) is 12.7. The van der Waals surface area contributed by atoms with E-state index in [4.69, 9.17) is 0 Å². The number of carboxylic acids is 1. The molecule has 2 aliphatic heterocycles. The van der Waals surface area contributed by atoms with Gasteiger partial charge in [0.1, 0.15) is 17.6 Å². The van der Waals surface area contributed by atoms with E-state index in [0.29, 0.717) is 18.7 Å². The van der Waals surface area contributed by atoms with Crippen LogP contribution in [0.15, 0.2) is 42.5 Å². The number of nitrogens with zero attached hydrogens (tertiary/aromatic N) is 5. The molecule has 16 heteroatoms. The summed E-state index contributed by atoms with van der Waals surface area (Å²) in [6.07, 6.45) is 7.86. The Kier molecular flexibility index (Phi) is 13.6. The Bertz CT molecular complexity index is 1400. The predicted molar refractivity (Wildman–Crippen MR) is 188 cm³/mol. The molecule has 1 aromatic carbocycles. The van der Waals surface area contributed by atoms with Crippen LogP contribution in [0.3, 0.4) is 0 Å². The number of aromatic nitrogens is 4. The lowest BCUT2D eigenvalue weighted by molar-refractivity contribution is -0.145. The quantitative estimate of drug-likeness (QED) is 0.354. The van der Waals surface area contributed by atoms with Crippen LogP contribution < -0.4 is 16.0 Å². The zero-order valence-electron chi connectivity index (χ0n) is 26.3. The lowest BCUT2D eigenvalue weighted by Crippen LogP contribution is -2.58. The Morgan fingerprint density at radius 1 is 1.07 bits per heavy atom. The molecule has 46 heavy (non-hydrogen) atoms. The highest BCUT2D eigenvalue weighted by molar-refractivity contribution is 7.59. The Morgan fingerprint density at radius 3 is 2.46 bits per heavy atom. The topological polar surface area (TPSA) is 171 Å². The molecule has 4 amide bonds. The number of amides is 4. The molecule has 0 radical (unpaired) electrons. The summed E-state index contributed by atoms with van der Waals surface area (Å²) in [6, 6.07) is 6.54. The number of urea groups is 1. The van der Waals surface area contributed by atoms with Gasteiger partial charge in [-0.05, 0) is 51.7 Å². The number of rotatable bonds is 4. The number of carbonyl (C=O) groups excluding carboxylic acids is 3. The number of aliphatic carboxylic acids is 1. The molecule has 1 aliphatic carbocycles. The summed E-state index contributed by atoms with van der Waals surface area (Å²) >= 11 is 0. The van der Waals surface area contributed by atoms with Crippen molar-refractivity contribution < 1.29 is 24.3 Å². The van der Waals surface area contributed by atoms with Crippen molar-refractivity contribution in [3.8, 4) is 11.4 Å². The van der Waals surface area contributed by atoms with Gasteiger partial charge in [0.05, 0.1) is 6.04 Å². The minimum Gasteiger partial charge on any atom is -0.479 e. The first-order chi connectivity index (χ1) is 20.5. The summed E-state index contributed by atoms with van der Waals surface area (Å²) in [7, 11) is 0. The number of nitrogens with one attached hydrogen (secondary N) is 3. The number of fused-ring (bicyclic) bond motifs is 2. The summed E-state index contributed by atoms with van der Waals surface area (Å²) in [5.41, 5.74) is -1.14. The van der Waals surface area contributed by atoms with Crippen molar-refractivity contribution in [1.82, 2.24) is 41.1 Å². The van der Waals surface area contributed by atoms with Crippen molar-refractivity contribution in [3.05, 3.63) is 42.5 Å². The van der Waals surface area contributed by atoms with Gasteiger partial charge in [0.25, 0.3) is 0 Å². The number of carbonyl (C=O) groups is 4. The third kappa shape index (κ3) is 8.97. The van der Waals surface area contributed by atoms with Gasteiger partial charge < -0.3 is 26.0 Å². The van der Waals surface area contributed by atoms with E-state index >= 15 is 0 Å². The third-order valence-electron chi connectivity index (χ3n) is 8.22. The zero-order valence-corrected chi connectivity index (χ0v) is 29.3. The lowest BCUT2D eigenvalue weighted by atomic mass is 10.0. The van der Waals surface area contributed by atoms with Crippen LogP contribution in [0.1, 0.15) is 71.8 Å². The molecule has 254 valence electrons. The minimum atomic E-state index is -1.41. The summed E-state index contributed by atoms with van der Waals surface area (Å²) in [5, 5.41) is 31.4. The maximum atomic E-state index is 14.1. The third-order valence-corrected chi connectivity index (χ3v) is 8.22. The van der Waals surface area contributed by atoms with Gasteiger partial charge in [-0.15, -0.1) is 10.2 Å². The monoisotopic (exact) mass is 694 g/mol. The maximum Gasteiger partial charge on any atom is 0.330 e. The van der Waals surface area contributed by atoms with Gasteiger partial charge in [0, 0.05) is 30.0 Å². The summed E-state index contributed by atoms with van der Waals surface area (Å²) < 4.78 is 0. The van der Waals surface area contributed by atoms with E-state index in [0.717, 1.165) is 24.8 Å². The Morgan fingerprint density at radius 2 is 1.78 bits per heavy atom. The Balaban J connectivity index is 0.00000245. The van der Waals surface area contributed by atoms with Crippen LogP contribution in [-0.4, -0.2) is 83.7 Å². The molecule has 4 N–H and O–H groups in total. The summed E-state index contributed by atoms with van der Waals surface area (Å²) in [4.78, 5) is 55.9. The minimum absolute atomic E-state index is 0. The van der Waals surface area contributed by atoms with Crippen LogP contribution in [0.2, 0.25) is 0 Å². The van der Waals surface area contributed by atoms with Crippen molar-refractivity contribution in [1.29, 1.82) is 0 Å². The fourth-order valence-corrected chi connectivity index (χ4v) is 5.86. The highest BCUT2D eigenvalue weighted by Crippen LogP contribution is 2.45. The van der Waals surface area contributed by atoms with E-state index in [1.54, 1.807) is 0 Å². The smallest absolute Gasteiger partial charge is 0.330 e. The van der Waals surface area contributed by atoms with Crippen molar-refractivity contribution in [2.75, 3.05) is 6.54 Å². The van der Waals surface area contributed by atoms with Crippen molar-refractivity contribution >= 4 is 64.3 Å². The van der Waals surface area contributed by atoms with Crippen molar-refractivity contribution in [2.24, 2.45) is 5.92 Å². The van der Waals surface area contributed by atoms with E-state index in [2.05, 4.69) is 31.4 Å². The molecule has 3 aliphatic rings. The van der Waals surface area contributed by atoms with E-state index < -0.39 is 53.0 Å². The van der Waals surface area contributed by atoms with E-state index in [-0.39, 0.29) is 65.8 Å². The van der Waals surface area contributed by atoms with Gasteiger partial charge in [0.15, 0.2) is 0 Å². The lowest BCUT2D eigenvalue weighted by Gasteiger charge is -2.30. The number of hydrogen-bond donors (Lipinski definition) is 4. The predicted octanol–water partition coefficient (Wildman–Crippen LogP) is 2.77. The summed E-state index contributed by atoms with van der Waals surface area (Å²) in [5.74, 6) is -1.96. The molecule has 5 atom stereocenters. The van der Waals surface area contributed by atoms with Crippen LogP contribution in [0.25, 0.3) is 11.4 Å². The second kappa shape index (κ2) is 16.0. The number of tetrazole rings is 1. The van der Waals surface area contributed by atoms with Crippen LogP contribution in [-0.2, 0) is 14.4 Å². The van der Waals surface area contributed by atoms with Gasteiger partial charge in [-0.25, -0.2) is 9.59 Å². The van der Waals surface area contributed by atoms with Gasteiger partial charge >= 0.3 is 12.0 Å². The second-order valence-corrected chi connectivity index (χ2v) is 12.7. The molecule has 0 bridgehead atoms. The Labute approximate surface area is 290 Å². The molecular formula is C30H46N8O5S3. The number of carboxylic acid groups (broad SMARTS) is 1. The van der Waals surface area contributed by atoms with Crippen LogP contribution in [0.4, 0.5) is 4.79 Å². The number of benzene rings is 1. The molecule has 0 spiro atoms. The first kappa shape index (κ1) is 38.9. The van der Waals surface area contributed by atoms with Crippen LogP contribution >= 0.6 is 40.5 Å². The molecule has 1 aromatic heterocycles. The van der Waals surface area contributed by atoms with E-state index in [1.165, 1.54) is 9.70 Å². The average Bonchev–Trinajstić information content (AvgIpc) is 3.28. The van der Waals surface area contributed by atoms with Gasteiger partial charge in [-0.1, -0.05) is 55.3 Å². The van der Waals surface area contributed by atoms with E-state index in [9.17, 15) is 24.3 Å². The molecular weight excluding hydrogens is 649 g/mol. The standard InChI is InChI=1S/C30H40N8O5.3H2S/c1-29(2,3)33-28(43)31-22-15-11-6-4-5-10-14-20-17-30(20,27(41)42)32-25(39)23-16-21(18-37(23)26(22)40)38-35-24(34-36-38)19-12-8-7-9-13-19;;;/h7-10,12-14,20-23H,4-6,11,15-18H2,1-3H3,(H,32,39)(H,41,42)(H2,31,33,43);3*1H2/b14-10-;;;/t20-,21-,22+,23+,30-;;;/m1.../s1. The molecule has 1 saturated heterocycles. The van der Waals surface area contributed by atoms with Crippen LogP contribution in [0, 0.1) is 5.92 Å². The average molecular weight is 695 g/mol. The van der Waals surface area contributed by atoms with Gasteiger partial charge in [-0.3, -0.25) is 9.59 Å². The zero-order chi connectivity index (χ0) is 30.8. The molecule has 5 rings (SSSR count). The van der Waals surface area contributed by atoms with Crippen molar-refractivity contribution in [2.45, 2.75) is 94.9 Å². The van der Waals surface area contributed by atoms with Gasteiger partial charge in [0.2, 0.25) is 17.6 Å². The van der Waals surface area contributed by atoms with Crippen molar-refractivity contribution in [3.63, 3.8) is 0 Å². The SMILES string of the molecule is CC(C)(C)NC(=O)N[C@H]1CCCCC/C=C\[C@@H]2C[C@@]2(C(=O)O)NC(=O)[C@@H]2C[C@@H](n3nnc(-c4ccccc4)n3)CN2C1=O.S.S.S. The molecule has 2 aromatic rings. The first-order valence-electron chi connectivity index (χ1n) is 14.9. The van der Waals surface area contributed by atoms with Crippen LogP contribution in [0.5, 0.6) is 0 Å². The molecule has 2 fully saturated rings. The molecule has 1 saturated carbocycles. The fourth-order valence-electron chi connectivity index (χ4n) is 5.86. The van der Waals surface area contributed by atoms with Gasteiger partial charge in [-0.2, -0.15) is 45.3 Å².